The van der Waals surface area contributed by atoms with Crippen LogP contribution in [-0.2, 0) is 16.0 Å². The van der Waals surface area contributed by atoms with Crippen molar-refractivity contribution >= 4 is 5.97 Å². The number of rotatable bonds is 5. The summed E-state index contributed by atoms with van der Waals surface area (Å²) < 4.78 is 10.7. The van der Waals surface area contributed by atoms with E-state index in [1.54, 1.807) is 0 Å². The largest absolute Gasteiger partial charge is 0.493 e. The zero-order valence-corrected chi connectivity index (χ0v) is 12.3. The lowest BCUT2D eigenvalue weighted by atomic mass is 9.99. The smallest absolute Gasteiger partial charge is 0.310 e. The molecule has 0 N–H and O–H groups in total. The molecule has 4 nitrogen and oxygen atoms in total. The number of hydrogen-bond donors (Lipinski definition) is 0. The second-order valence-electron chi connectivity index (χ2n) is 5.44. The molecule has 0 aliphatic carbocycles. The number of ether oxygens (including phenoxy) is 2. The van der Waals surface area contributed by atoms with Gasteiger partial charge in [-0.1, -0.05) is 18.2 Å². The van der Waals surface area contributed by atoms with Gasteiger partial charge in [0.05, 0.1) is 20.1 Å². The third-order valence-electron chi connectivity index (χ3n) is 3.73. The van der Waals surface area contributed by atoms with Crippen molar-refractivity contribution in [3.05, 3.63) is 29.8 Å². The van der Waals surface area contributed by atoms with Crippen molar-refractivity contribution in [2.75, 3.05) is 33.9 Å². The maximum atomic E-state index is 11.4. The van der Waals surface area contributed by atoms with E-state index in [0.29, 0.717) is 12.5 Å². The highest BCUT2D eigenvalue weighted by Crippen LogP contribution is 2.22. The van der Waals surface area contributed by atoms with Crippen LogP contribution in [-0.4, -0.2) is 44.7 Å². The maximum Gasteiger partial charge on any atom is 0.310 e. The van der Waals surface area contributed by atoms with Crippen LogP contribution in [0.4, 0.5) is 0 Å². The van der Waals surface area contributed by atoms with E-state index in [4.69, 9.17) is 9.47 Å². The standard InChI is InChI=1S/C16H23NO3/c1-17-9-5-6-13(11-17)12-20-15-8-4-3-7-14(15)10-16(18)19-2/h3-4,7-8,13H,5-6,9-12H2,1-2H3. The zero-order valence-electron chi connectivity index (χ0n) is 12.3. The number of methoxy groups -OCH3 is 1. The van der Waals surface area contributed by atoms with E-state index in [-0.39, 0.29) is 12.4 Å². The quantitative estimate of drug-likeness (QED) is 0.773. The SMILES string of the molecule is COC(=O)Cc1ccccc1OCC1CCCN(C)C1. The van der Waals surface area contributed by atoms with Gasteiger partial charge >= 0.3 is 5.97 Å². The van der Waals surface area contributed by atoms with Gasteiger partial charge in [-0.2, -0.15) is 0 Å². The Morgan fingerprint density at radius 1 is 1.40 bits per heavy atom. The van der Waals surface area contributed by atoms with Crippen molar-refractivity contribution < 1.29 is 14.3 Å². The number of para-hydroxylation sites is 1. The van der Waals surface area contributed by atoms with E-state index in [0.717, 1.165) is 17.9 Å². The Labute approximate surface area is 120 Å². The number of carbonyl (C=O) groups is 1. The number of carbonyl (C=O) groups excluding carboxylic acids is 1. The van der Waals surface area contributed by atoms with Gasteiger partial charge in [0.1, 0.15) is 5.75 Å². The van der Waals surface area contributed by atoms with E-state index in [1.807, 2.05) is 24.3 Å². The Morgan fingerprint density at radius 3 is 2.95 bits per heavy atom. The van der Waals surface area contributed by atoms with Gasteiger partial charge < -0.3 is 14.4 Å². The summed E-state index contributed by atoms with van der Waals surface area (Å²) in [4.78, 5) is 13.7. The molecule has 1 fully saturated rings. The lowest BCUT2D eigenvalue weighted by Crippen LogP contribution is -2.34. The van der Waals surface area contributed by atoms with Gasteiger partial charge in [-0.25, -0.2) is 0 Å². The minimum absolute atomic E-state index is 0.238. The molecule has 0 spiro atoms. The molecule has 1 heterocycles. The van der Waals surface area contributed by atoms with Gasteiger partial charge in [0.25, 0.3) is 0 Å². The molecular formula is C16H23NO3. The predicted molar refractivity (Wildman–Crippen MR) is 77.9 cm³/mol. The number of piperidine rings is 1. The van der Waals surface area contributed by atoms with Crippen LogP contribution in [0.15, 0.2) is 24.3 Å². The summed E-state index contributed by atoms with van der Waals surface area (Å²) in [6, 6.07) is 7.69. The van der Waals surface area contributed by atoms with E-state index in [2.05, 4.69) is 11.9 Å². The molecule has 0 aromatic heterocycles. The lowest BCUT2D eigenvalue weighted by Gasteiger charge is -2.29. The maximum absolute atomic E-state index is 11.4. The molecule has 0 bridgehead atoms. The van der Waals surface area contributed by atoms with Crippen molar-refractivity contribution in [2.45, 2.75) is 19.3 Å². The van der Waals surface area contributed by atoms with Crippen LogP contribution < -0.4 is 4.74 Å². The van der Waals surface area contributed by atoms with Gasteiger partial charge in [0, 0.05) is 18.0 Å². The zero-order chi connectivity index (χ0) is 14.4. The molecule has 0 radical (unpaired) electrons. The Balaban J connectivity index is 1.93. The summed E-state index contributed by atoms with van der Waals surface area (Å²) in [5, 5.41) is 0. The molecule has 1 aliphatic heterocycles. The summed E-state index contributed by atoms with van der Waals surface area (Å²) in [6.07, 6.45) is 2.70. The molecule has 4 heteroatoms. The van der Waals surface area contributed by atoms with Gasteiger partial charge in [-0.3, -0.25) is 4.79 Å². The monoisotopic (exact) mass is 277 g/mol. The molecule has 0 saturated carbocycles. The minimum atomic E-state index is -0.238. The molecule has 1 atom stereocenters. The van der Waals surface area contributed by atoms with Crippen LogP contribution in [0.3, 0.4) is 0 Å². The summed E-state index contributed by atoms with van der Waals surface area (Å²) in [5.74, 6) is 1.13. The Morgan fingerprint density at radius 2 is 2.20 bits per heavy atom. The number of likely N-dealkylation sites (tertiary alicyclic amines) is 1. The van der Waals surface area contributed by atoms with Crippen molar-refractivity contribution in [1.29, 1.82) is 0 Å². The van der Waals surface area contributed by atoms with Crippen molar-refractivity contribution in [2.24, 2.45) is 5.92 Å². The van der Waals surface area contributed by atoms with Crippen LogP contribution in [0.25, 0.3) is 0 Å². The highest BCUT2D eigenvalue weighted by atomic mass is 16.5. The van der Waals surface area contributed by atoms with Crippen LogP contribution in [0.5, 0.6) is 5.75 Å². The normalized spacial score (nSPS) is 19.6. The van der Waals surface area contributed by atoms with Crippen LogP contribution in [0, 0.1) is 5.92 Å². The molecule has 1 aromatic carbocycles. The average Bonchev–Trinajstić information content (AvgIpc) is 2.46. The number of esters is 1. The second-order valence-corrected chi connectivity index (χ2v) is 5.44. The van der Waals surface area contributed by atoms with Crippen LogP contribution >= 0.6 is 0 Å². The Kier molecular flexibility index (Phi) is 5.41. The lowest BCUT2D eigenvalue weighted by molar-refractivity contribution is -0.139. The number of nitrogens with zero attached hydrogens (tertiary/aromatic N) is 1. The molecule has 110 valence electrons. The fourth-order valence-electron chi connectivity index (χ4n) is 2.64. The first-order valence-corrected chi connectivity index (χ1v) is 7.15. The first kappa shape index (κ1) is 14.9. The highest BCUT2D eigenvalue weighted by molar-refractivity contribution is 5.73. The average molecular weight is 277 g/mol. The van der Waals surface area contributed by atoms with E-state index in [1.165, 1.54) is 26.5 Å². The first-order chi connectivity index (χ1) is 9.69. The molecule has 1 saturated heterocycles. The summed E-state index contributed by atoms with van der Waals surface area (Å²) >= 11 is 0. The van der Waals surface area contributed by atoms with E-state index in [9.17, 15) is 4.79 Å². The number of hydrogen-bond acceptors (Lipinski definition) is 4. The van der Waals surface area contributed by atoms with Crippen molar-refractivity contribution in [3.8, 4) is 5.75 Å². The molecular weight excluding hydrogens is 254 g/mol. The molecule has 1 aromatic rings. The van der Waals surface area contributed by atoms with E-state index < -0.39 is 0 Å². The van der Waals surface area contributed by atoms with Crippen LogP contribution in [0.1, 0.15) is 18.4 Å². The summed E-state index contributed by atoms with van der Waals surface area (Å²) in [6.45, 7) is 2.97. The molecule has 1 unspecified atom stereocenters. The highest BCUT2D eigenvalue weighted by Gasteiger charge is 2.18. The fourth-order valence-corrected chi connectivity index (χ4v) is 2.64. The number of benzene rings is 1. The molecule has 2 rings (SSSR count). The molecule has 20 heavy (non-hydrogen) atoms. The third-order valence-corrected chi connectivity index (χ3v) is 3.73. The fraction of sp³-hybridized carbons (Fsp3) is 0.562. The molecule has 1 aliphatic rings. The summed E-state index contributed by atoms with van der Waals surface area (Å²) in [7, 11) is 3.56. The van der Waals surface area contributed by atoms with Gasteiger partial charge in [-0.05, 0) is 32.5 Å². The Bertz CT molecular complexity index is 447. The van der Waals surface area contributed by atoms with E-state index >= 15 is 0 Å². The van der Waals surface area contributed by atoms with Gasteiger partial charge in [0.15, 0.2) is 0 Å². The predicted octanol–water partition coefficient (Wildman–Crippen LogP) is 2.12. The van der Waals surface area contributed by atoms with Gasteiger partial charge in [0.2, 0.25) is 0 Å². The first-order valence-electron chi connectivity index (χ1n) is 7.15. The van der Waals surface area contributed by atoms with Crippen molar-refractivity contribution in [1.82, 2.24) is 4.90 Å². The topological polar surface area (TPSA) is 38.8 Å². The van der Waals surface area contributed by atoms with Crippen LogP contribution in [0.2, 0.25) is 0 Å². The van der Waals surface area contributed by atoms with Gasteiger partial charge in [-0.15, -0.1) is 0 Å². The minimum Gasteiger partial charge on any atom is -0.493 e. The Hall–Kier alpha value is -1.55. The summed E-state index contributed by atoms with van der Waals surface area (Å²) in [5.41, 5.74) is 0.892. The second kappa shape index (κ2) is 7.29. The molecule has 0 amide bonds. The van der Waals surface area contributed by atoms with Crippen molar-refractivity contribution in [3.63, 3.8) is 0 Å². The third kappa shape index (κ3) is 4.23.